The Labute approximate surface area is 125 Å². The first-order chi connectivity index (χ1) is 10.4. The van der Waals surface area contributed by atoms with Crippen LogP contribution in [0.1, 0.15) is 50.1 Å². The predicted octanol–water partition coefficient (Wildman–Crippen LogP) is 3.41. The monoisotopic (exact) mass is 282 g/mol. The van der Waals surface area contributed by atoms with Gasteiger partial charge in [-0.1, -0.05) is 36.6 Å². The molecule has 4 heteroatoms. The molecule has 3 rings (SSSR count). The van der Waals surface area contributed by atoms with Gasteiger partial charge in [0.2, 0.25) is 0 Å². The van der Waals surface area contributed by atoms with E-state index in [4.69, 9.17) is 5.84 Å². The number of aromatic nitrogens is 2. The van der Waals surface area contributed by atoms with Crippen LogP contribution in [0.3, 0.4) is 0 Å². The third kappa shape index (κ3) is 3.12. The molecule has 1 unspecified atom stereocenters. The van der Waals surface area contributed by atoms with Gasteiger partial charge in [0.1, 0.15) is 0 Å². The number of hydrogen-bond acceptors (Lipinski definition) is 4. The molecule has 1 aromatic heterocycles. The Morgan fingerprint density at radius 2 is 1.90 bits per heavy atom. The van der Waals surface area contributed by atoms with E-state index in [2.05, 4.69) is 27.5 Å². The number of nitrogens with zero attached hydrogens (tertiary/aromatic N) is 2. The van der Waals surface area contributed by atoms with Gasteiger partial charge in [-0.25, -0.2) is 5.43 Å². The van der Waals surface area contributed by atoms with E-state index >= 15 is 0 Å². The lowest BCUT2D eigenvalue weighted by molar-refractivity contribution is 0.557. The summed E-state index contributed by atoms with van der Waals surface area (Å²) in [5.41, 5.74) is 7.35. The third-order valence-electron chi connectivity index (χ3n) is 4.20. The minimum atomic E-state index is 0.0310. The molecule has 21 heavy (non-hydrogen) atoms. The number of benzene rings is 1. The van der Waals surface area contributed by atoms with Gasteiger partial charge >= 0.3 is 0 Å². The van der Waals surface area contributed by atoms with E-state index in [9.17, 15) is 0 Å². The maximum absolute atomic E-state index is 5.88. The van der Waals surface area contributed by atoms with Crippen LogP contribution < -0.4 is 11.3 Å². The molecule has 1 atom stereocenters. The highest BCUT2D eigenvalue weighted by Gasteiger charge is 2.18. The SMILES string of the molecule is NNC(/C1=C/CCCCCC1)c1cccc2nccnc12. The van der Waals surface area contributed by atoms with Crippen LogP contribution in [-0.4, -0.2) is 9.97 Å². The number of fused-ring (bicyclic) bond motifs is 1. The summed E-state index contributed by atoms with van der Waals surface area (Å²) in [7, 11) is 0. The van der Waals surface area contributed by atoms with Gasteiger partial charge in [-0.3, -0.25) is 15.8 Å². The fourth-order valence-electron chi connectivity index (χ4n) is 3.12. The first-order valence-corrected chi connectivity index (χ1v) is 7.75. The highest BCUT2D eigenvalue weighted by atomic mass is 15.2. The predicted molar refractivity (Wildman–Crippen MR) is 85.4 cm³/mol. The fourth-order valence-corrected chi connectivity index (χ4v) is 3.12. The van der Waals surface area contributed by atoms with Crippen molar-refractivity contribution in [1.29, 1.82) is 0 Å². The molecule has 1 aliphatic rings. The van der Waals surface area contributed by atoms with Crippen LogP contribution in [0.15, 0.2) is 42.2 Å². The first kappa shape index (κ1) is 14.2. The van der Waals surface area contributed by atoms with E-state index in [0.29, 0.717) is 0 Å². The quantitative estimate of drug-likeness (QED) is 0.514. The van der Waals surface area contributed by atoms with Gasteiger partial charge in [-0.2, -0.15) is 0 Å². The summed E-state index contributed by atoms with van der Waals surface area (Å²) in [5, 5.41) is 0. The average Bonchev–Trinajstić information content (AvgIpc) is 2.50. The number of para-hydroxylation sites is 1. The van der Waals surface area contributed by atoms with Gasteiger partial charge in [0.05, 0.1) is 17.1 Å². The van der Waals surface area contributed by atoms with E-state index in [1.54, 1.807) is 12.4 Å². The van der Waals surface area contributed by atoms with Gasteiger partial charge < -0.3 is 0 Å². The van der Waals surface area contributed by atoms with Crippen molar-refractivity contribution in [1.82, 2.24) is 15.4 Å². The molecule has 0 radical (unpaired) electrons. The maximum Gasteiger partial charge on any atom is 0.0938 e. The van der Waals surface area contributed by atoms with Gasteiger partial charge in [0.25, 0.3) is 0 Å². The second-order valence-electron chi connectivity index (χ2n) is 5.60. The first-order valence-electron chi connectivity index (χ1n) is 7.75. The fraction of sp³-hybridized carbons (Fsp3) is 0.412. The zero-order valence-electron chi connectivity index (χ0n) is 12.3. The molecule has 4 nitrogen and oxygen atoms in total. The molecule has 0 saturated carbocycles. The normalized spacial score (nSPS) is 20.3. The van der Waals surface area contributed by atoms with E-state index in [0.717, 1.165) is 29.4 Å². The zero-order valence-corrected chi connectivity index (χ0v) is 12.3. The average molecular weight is 282 g/mol. The van der Waals surface area contributed by atoms with Crippen molar-refractivity contribution >= 4 is 11.0 Å². The smallest absolute Gasteiger partial charge is 0.0938 e. The molecule has 0 aliphatic heterocycles. The summed E-state index contributed by atoms with van der Waals surface area (Å²) in [5.74, 6) is 5.88. The Morgan fingerprint density at radius 1 is 1.05 bits per heavy atom. The Bertz CT molecular complexity index is 630. The molecule has 1 aliphatic carbocycles. The minimum Gasteiger partial charge on any atom is -0.271 e. The van der Waals surface area contributed by atoms with E-state index in [1.165, 1.54) is 31.3 Å². The summed E-state index contributed by atoms with van der Waals surface area (Å²) >= 11 is 0. The standard InChI is InChI=1S/C17H22N4/c18-21-16(13-7-4-2-1-3-5-8-13)14-9-6-10-15-17(14)20-12-11-19-15/h6-7,9-12,16,21H,1-5,8,18H2/b13-7+. The highest BCUT2D eigenvalue weighted by molar-refractivity contribution is 5.78. The van der Waals surface area contributed by atoms with Crippen molar-refractivity contribution in [2.75, 3.05) is 0 Å². The second-order valence-corrected chi connectivity index (χ2v) is 5.60. The van der Waals surface area contributed by atoms with Gasteiger partial charge in [-0.15, -0.1) is 0 Å². The third-order valence-corrected chi connectivity index (χ3v) is 4.20. The summed E-state index contributed by atoms with van der Waals surface area (Å²) in [6.45, 7) is 0. The number of rotatable bonds is 3. The van der Waals surface area contributed by atoms with Crippen molar-refractivity contribution in [3.05, 3.63) is 47.8 Å². The summed E-state index contributed by atoms with van der Waals surface area (Å²) < 4.78 is 0. The Morgan fingerprint density at radius 3 is 2.81 bits per heavy atom. The van der Waals surface area contributed by atoms with Crippen LogP contribution in [0.4, 0.5) is 0 Å². The highest BCUT2D eigenvalue weighted by Crippen LogP contribution is 2.31. The van der Waals surface area contributed by atoms with Crippen LogP contribution in [0.5, 0.6) is 0 Å². The van der Waals surface area contributed by atoms with Crippen LogP contribution in [-0.2, 0) is 0 Å². The lowest BCUT2D eigenvalue weighted by atomic mass is 9.90. The molecule has 0 bridgehead atoms. The molecule has 0 spiro atoms. The van der Waals surface area contributed by atoms with E-state index in [-0.39, 0.29) is 6.04 Å². The van der Waals surface area contributed by atoms with Crippen molar-refractivity contribution in [2.24, 2.45) is 5.84 Å². The maximum atomic E-state index is 5.88. The number of nitrogens with one attached hydrogen (secondary N) is 1. The second kappa shape index (κ2) is 6.78. The Kier molecular flexibility index (Phi) is 4.58. The molecule has 0 fully saturated rings. The Hall–Kier alpha value is -1.78. The minimum absolute atomic E-state index is 0.0310. The number of hydrogen-bond donors (Lipinski definition) is 2. The van der Waals surface area contributed by atoms with E-state index in [1.807, 2.05) is 12.1 Å². The molecule has 0 amide bonds. The summed E-state index contributed by atoms with van der Waals surface area (Å²) in [6.07, 6.45) is 13.2. The number of nitrogens with two attached hydrogens (primary N) is 1. The Balaban J connectivity index is 2.01. The summed E-state index contributed by atoms with van der Waals surface area (Å²) in [4.78, 5) is 8.89. The molecular formula is C17H22N4. The number of hydrazine groups is 1. The topological polar surface area (TPSA) is 63.8 Å². The van der Waals surface area contributed by atoms with Gasteiger partial charge in [0, 0.05) is 18.0 Å². The van der Waals surface area contributed by atoms with Crippen molar-refractivity contribution in [3.8, 4) is 0 Å². The lowest BCUT2D eigenvalue weighted by Crippen LogP contribution is -2.30. The molecule has 110 valence electrons. The van der Waals surface area contributed by atoms with Crippen LogP contribution in [0, 0.1) is 0 Å². The molecule has 2 aromatic rings. The van der Waals surface area contributed by atoms with Crippen LogP contribution in [0.25, 0.3) is 11.0 Å². The molecule has 1 aromatic carbocycles. The number of allylic oxidation sites excluding steroid dienone is 1. The van der Waals surface area contributed by atoms with Crippen molar-refractivity contribution in [3.63, 3.8) is 0 Å². The largest absolute Gasteiger partial charge is 0.271 e. The van der Waals surface area contributed by atoms with E-state index < -0.39 is 0 Å². The van der Waals surface area contributed by atoms with Crippen LogP contribution in [0.2, 0.25) is 0 Å². The summed E-state index contributed by atoms with van der Waals surface area (Å²) in [6, 6.07) is 6.15. The lowest BCUT2D eigenvalue weighted by Gasteiger charge is -2.22. The molecular weight excluding hydrogens is 260 g/mol. The molecule has 0 saturated heterocycles. The van der Waals surface area contributed by atoms with Gasteiger partial charge in [0.15, 0.2) is 0 Å². The zero-order chi connectivity index (χ0) is 14.5. The molecule has 3 N–H and O–H groups in total. The van der Waals surface area contributed by atoms with Gasteiger partial charge in [-0.05, 0) is 31.7 Å². The van der Waals surface area contributed by atoms with Crippen molar-refractivity contribution < 1.29 is 0 Å². The van der Waals surface area contributed by atoms with Crippen molar-refractivity contribution in [2.45, 2.75) is 44.6 Å². The van der Waals surface area contributed by atoms with Crippen LogP contribution >= 0.6 is 0 Å². The molecule has 1 heterocycles.